The first-order chi connectivity index (χ1) is 8.11. The Balaban J connectivity index is 2.16. The highest BCUT2D eigenvalue weighted by Gasteiger charge is 2.31. The predicted octanol–water partition coefficient (Wildman–Crippen LogP) is 2.39. The molecule has 90 valence electrons. The van der Waals surface area contributed by atoms with Crippen molar-refractivity contribution in [3.63, 3.8) is 0 Å². The van der Waals surface area contributed by atoms with E-state index in [1.54, 1.807) is 0 Å². The molecule has 17 heavy (non-hydrogen) atoms. The second kappa shape index (κ2) is 4.65. The second-order valence-corrected chi connectivity index (χ2v) is 4.19. The molecule has 1 aromatic carbocycles. The Bertz CT molecular complexity index is 464. The monoisotopic (exact) mass is 236 g/mol. The summed E-state index contributed by atoms with van der Waals surface area (Å²) in [5.41, 5.74) is 0.140. The van der Waals surface area contributed by atoms with Crippen LogP contribution in [0.25, 0.3) is 0 Å². The van der Waals surface area contributed by atoms with E-state index in [1.807, 2.05) is 0 Å². The summed E-state index contributed by atoms with van der Waals surface area (Å²) in [4.78, 5) is 23.4. The number of ether oxygens (including phenoxy) is 1. The summed E-state index contributed by atoms with van der Waals surface area (Å²) in [6.07, 6.45) is 1.57. The molecule has 0 unspecified atom stereocenters. The van der Waals surface area contributed by atoms with E-state index in [0.29, 0.717) is 5.75 Å². The number of hydrogen-bond donors (Lipinski definition) is 0. The van der Waals surface area contributed by atoms with Crippen molar-refractivity contribution in [1.82, 2.24) is 0 Å². The van der Waals surface area contributed by atoms with E-state index in [0.717, 1.165) is 18.9 Å². The molecule has 1 fully saturated rings. The topological polar surface area (TPSA) is 43.4 Å². The molecule has 0 N–H and O–H groups in total. The summed E-state index contributed by atoms with van der Waals surface area (Å²) >= 11 is 0. The zero-order valence-corrected chi connectivity index (χ0v) is 9.53. The molecule has 0 heterocycles. The van der Waals surface area contributed by atoms with Gasteiger partial charge in [0.1, 0.15) is 17.3 Å². The lowest BCUT2D eigenvalue weighted by atomic mass is 10.0. The standard InChI is InChI=1S/C13H13FO3/c1-17-13-5-4-9(14)6-10(13)12(16)7-11(15)8-2-3-8/h4-6,8H,2-3,7H2,1H3. The van der Waals surface area contributed by atoms with E-state index in [1.165, 1.54) is 19.2 Å². The van der Waals surface area contributed by atoms with E-state index in [-0.39, 0.29) is 29.5 Å². The highest BCUT2D eigenvalue weighted by atomic mass is 19.1. The molecule has 0 amide bonds. The minimum absolute atomic E-state index is 0.0403. The maximum absolute atomic E-state index is 13.1. The lowest BCUT2D eigenvalue weighted by Crippen LogP contribution is -2.11. The van der Waals surface area contributed by atoms with Crippen molar-refractivity contribution >= 4 is 11.6 Å². The van der Waals surface area contributed by atoms with E-state index in [4.69, 9.17) is 4.74 Å². The van der Waals surface area contributed by atoms with E-state index in [2.05, 4.69) is 0 Å². The maximum atomic E-state index is 13.1. The first-order valence-corrected chi connectivity index (χ1v) is 5.51. The fourth-order valence-electron chi connectivity index (χ4n) is 1.70. The maximum Gasteiger partial charge on any atom is 0.174 e. The van der Waals surface area contributed by atoms with Crippen LogP contribution in [0.3, 0.4) is 0 Å². The predicted molar refractivity (Wildman–Crippen MR) is 59.6 cm³/mol. The average molecular weight is 236 g/mol. The average Bonchev–Trinajstić information content (AvgIpc) is 3.12. The molecule has 0 atom stereocenters. The van der Waals surface area contributed by atoms with Gasteiger partial charge < -0.3 is 4.74 Å². The Hall–Kier alpha value is -1.71. The molecule has 0 saturated heterocycles. The lowest BCUT2D eigenvalue weighted by Gasteiger charge is -2.07. The number of carbonyl (C=O) groups excluding carboxylic acids is 2. The third-order valence-electron chi connectivity index (χ3n) is 2.83. The molecule has 1 aromatic rings. The van der Waals surface area contributed by atoms with Crippen LogP contribution in [0.4, 0.5) is 4.39 Å². The van der Waals surface area contributed by atoms with Crippen molar-refractivity contribution in [3.05, 3.63) is 29.6 Å². The van der Waals surface area contributed by atoms with E-state index < -0.39 is 5.82 Å². The van der Waals surface area contributed by atoms with Crippen LogP contribution in [0.5, 0.6) is 5.75 Å². The number of benzene rings is 1. The summed E-state index contributed by atoms with van der Waals surface area (Å²) in [6, 6.07) is 3.73. The number of carbonyl (C=O) groups is 2. The molecule has 1 aliphatic carbocycles. The Labute approximate surface area is 98.6 Å². The van der Waals surface area contributed by atoms with Crippen LogP contribution in [0.1, 0.15) is 29.6 Å². The van der Waals surface area contributed by atoms with Crippen molar-refractivity contribution in [2.24, 2.45) is 5.92 Å². The van der Waals surface area contributed by atoms with Crippen molar-refractivity contribution in [3.8, 4) is 5.75 Å². The van der Waals surface area contributed by atoms with Crippen LogP contribution in [0, 0.1) is 11.7 Å². The quantitative estimate of drug-likeness (QED) is 0.582. The fraction of sp³-hybridized carbons (Fsp3) is 0.385. The Morgan fingerprint density at radius 2 is 2.12 bits per heavy atom. The van der Waals surface area contributed by atoms with Gasteiger partial charge in [-0.1, -0.05) is 0 Å². The van der Waals surface area contributed by atoms with Gasteiger partial charge in [0, 0.05) is 5.92 Å². The molecular weight excluding hydrogens is 223 g/mol. The number of Topliss-reactive ketones (excluding diaryl/α,β-unsaturated/α-hetero) is 2. The summed E-state index contributed by atoms with van der Waals surface area (Å²) in [5, 5.41) is 0. The molecule has 1 aliphatic rings. The molecular formula is C13H13FO3. The number of hydrogen-bond acceptors (Lipinski definition) is 3. The minimum atomic E-state index is -0.506. The molecule has 3 nitrogen and oxygen atoms in total. The van der Waals surface area contributed by atoms with Crippen LogP contribution in [0.2, 0.25) is 0 Å². The number of rotatable bonds is 5. The van der Waals surface area contributed by atoms with Gasteiger partial charge in [-0.15, -0.1) is 0 Å². The lowest BCUT2D eigenvalue weighted by molar-refractivity contribution is -0.119. The number of ketones is 2. The van der Waals surface area contributed by atoms with Crippen molar-refractivity contribution < 1.29 is 18.7 Å². The van der Waals surface area contributed by atoms with Crippen LogP contribution in [0.15, 0.2) is 18.2 Å². The highest BCUT2D eigenvalue weighted by molar-refractivity contribution is 6.10. The SMILES string of the molecule is COc1ccc(F)cc1C(=O)CC(=O)C1CC1. The summed E-state index contributed by atoms with van der Waals surface area (Å²) in [6.45, 7) is 0. The first-order valence-electron chi connectivity index (χ1n) is 5.51. The van der Waals surface area contributed by atoms with E-state index >= 15 is 0 Å². The molecule has 0 bridgehead atoms. The minimum Gasteiger partial charge on any atom is -0.496 e. The number of methoxy groups -OCH3 is 1. The van der Waals surface area contributed by atoms with Crippen molar-refractivity contribution in [2.45, 2.75) is 19.3 Å². The van der Waals surface area contributed by atoms with Gasteiger partial charge in [-0.2, -0.15) is 0 Å². The van der Waals surface area contributed by atoms with Crippen LogP contribution in [-0.4, -0.2) is 18.7 Å². The van der Waals surface area contributed by atoms with Crippen LogP contribution >= 0.6 is 0 Å². The zero-order chi connectivity index (χ0) is 12.4. The highest BCUT2D eigenvalue weighted by Crippen LogP contribution is 2.32. The molecule has 2 rings (SSSR count). The second-order valence-electron chi connectivity index (χ2n) is 4.19. The fourth-order valence-corrected chi connectivity index (χ4v) is 1.70. The van der Waals surface area contributed by atoms with Gasteiger partial charge in [0.2, 0.25) is 0 Å². The zero-order valence-electron chi connectivity index (χ0n) is 9.53. The smallest absolute Gasteiger partial charge is 0.174 e. The summed E-state index contributed by atoms with van der Waals surface area (Å²) < 4.78 is 18.0. The van der Waals surface area contributed by atoms with Gasteiger partial charge in [-0.3, -0.25) is 9.59 Å². The van der Waals surface area contributed by atoms with Gasteiger partial charge >= 0.3 is 0 Å². The molecule has 0 radical (unpaired) electrons. The number of halogens is 1. The van der Waals surface area contributed by atoms with Crippen LogP contribution < -0.4 is 4.74 Å². The Kier molecular flexibility index (Phi) is 3.22. The largest absolute Gasteiger partial charge is 0.496 e. The van der Waals surface area contributed by atoms with Crippen molar-refractivity contribution in [2.75, 3.05) is 7.11 Å². The molecule has 4 heteroatoms. The molecule has 0 aliphatic heterocycles. The molecule has 0 aromatic heterocycles. The van der Waals surface area contributed by atoms with Gasteiger partial charge in [0.15, 0.2) is 5.78 Å². The summed E-state index contributed by atoms with van der Waals surface area (Å²) in [5.74, 6) is -0.592. The van der Waals surface area contributed by atoms with Gasteiger partial charge in [-0.05, 0) is 31.0 Å². The van der Waals surface area contributed by atoms with E-state index in [9.17, 15) is 14.0 Å². The Morgan fingerprint density at radius 3 is 2.71 bits per heavy atom. The third kappa shape index (κ3) is 2.70. The normalized spacial score (nSPS) is 14.5. The first kappa shape index (κ1) is 11.8. The third-order valence-corrected chi connectivity index (χ3v) is 2.83. The van der Waals surface area contributed by atoms with Crippen molar-refractivity contribution in [1.29, 1.82) is 0 Å². The van der Waals surface area contributed by atoms with Gasteiger partial charge in [0.25, 0.3) is 0 Å². The summed E-state index contributed by atoms with van der Waals surface area (Å²) in [7, 11) is 1.41. The molecule has 1 saturated carbocycles. The Morgan fingerprint density at radius 1 is 1.41 bits per heavy atom. The van der Waals surface area contributed by atoms with Gasteiger partial charge in [0.05, 0.1) is 19.1 Å². The van der Waals surface area contributed by atoms with Crippen LogP contribution in [-0.2, 0) is 4.79 Å². The molecule has 0 spiro atoms. The van der Waals surface area contributed by atoms with Gasteiger partial charge in [-0.25, -0.2) is 4.39 Å².